The second-order valence-electron chi connectivity index (χ2n) is 7.35. The molecule has 0 radical (unpaired) electrons. The minimum Gasteiger partial charge on any atom is -0.468 e. The van der Waals surface area contributed by atoms with Gasteiger partial charge in [-0.1, -0.05) is 6.07 Å². The van der Waals surface area contributed by atoms with Gasteiger partial charge in [0.05, 0.1) is 6.54 Å². The van der Waals surface area contributed by atoms with Gasteiger partial charge in [-0.2, -0.15) is 0 Å². The fourth-order valence-electron chi connectivity index (χ4n) is 2.85. The highest BCUT2D eigenvalue weighted by atomic mass is 16.7. The number of fused-ring (bicyclic) bond motifs is 1. The van der Waals surface area contributed by atoms with Crippen LogP contribution in [0.2, 0.25) is 0 Å². The molecule has 1 aliphatic heterocycles. The molecule has 0 saturated heterocycles. The van der Waals surface area contributed by atoms with Gasteiger partial charge in [0.1, 0.15) is 17.5 Å². The van der Waals surface area contributed by atoms with E-state index in [1.165, 1.54) is 7.11 Å². The fourth-order valence-corrected chi connectivity index (χ4v) is 2.85. The number of nitrogens with two attached hydrogens (primary N) is 1. The van der Waals surface area contributed by atoms with E-state index in [9.17, 15) is 15.0 Å². The number of nitrogens with zero attached hydrogens (tertiary/aromatic N) is 1. The van der Waals surface area contributed by atoms with Gasteiger partial charge in [0.15, 0.2) is 12.5 Å². The van der Waals surface area contributed by atoms with Crippen LogP contribution in [0.4, 0.5) is 4.79 Å². The quantitative estimate of drug-likeness (QED) is 0.664. The van der Waals surface area contributed by atoms with Crippen molar-refractivity contribution >= 4 is 6.09 Å². The number of rotatable bonds is 5. The van der Waals surface area contributed by atoms with E-state index < -0.39 is 23.5 Å². The maximum atomic E-state index is 12.7. The molecule has 146 valence electrons. The molecule has 0 aliphatic carbocycles. The highest BCUT2D eigenvalue weighted by molar-refractivity contribution is 5.70. The summed E-state index contributed by atoms with van der Waals surface area (Å²) in [6.07, 6.45) is -2.00. The number of benzene rings is 1. The predicted octanol–water partition coefficient (Wildman–Crippen LogP) is 0.971. The van der Waals surface area contributed by atoms with Crippen LogP contribution in [-0.4, -0.2) is 59.1 Å². The lowest BCUT2D eigenvalue weighted by Gasteiger charge is -2.46. The molecular formula is C18H28N2O6. The normalized spacial score (nSPS) is 21.1. The first-order valence-corrected chi connectivity index (χ1v) is 8.45. The van der Waals surface area contributed by atoms with Crippen molar-refractivity contribution in [2.24, 2.45) is 5.73 Å². The van der Waals surface area contributed by atoms with Crippen LogP contribution in [0.25, 0.3) is 0 Å². The number of carbonyl (C=O) groups is 1. The molecule has 0 bridgehead atoms. The Morgan fingerprint density at radius 3 is 2.65 bits per heavy atom. The van der Waals surface area contributed by atoms with E-state index in [0.29, 0.717) is 5.75 Å². The van der Waals surface area contributed by atoms with Crippen molar-refractivity contribution in [3.63, 3.8) is 0 Å². The van der Waals surface area contributed by atoms with Crippen LogP contribution < -0.4 is 10.5 Å². The van der Waals surface area contributed by atoms with Gasteiger partial charge >= 0.3 is 6.09 Å². The second kappa shape index (κ2) is 7.79. The molecule has 1 aromatic carbocycles. The van der Waals surface area contributed by atoms with Crippen molar-refractivity contribution in [3.05, 3.63) is 29.3 Å². The number of carbonyl (C=O) groups excluding carboxylic acids is 1. The van der Waals surface area contributed by atoms with Crippen LogP contribution in [0, 0.1) is 0 Å². The highest BCUT2D eigenvalue weighted by Crippen LogP contribution is 2.34. The van der Waals surface area contributed by atoms with Gasteiger partial charge in [0.25, 0.3) is 0 Å². The lowest BCUT2D eigenvalue weighted by molar-refractivity contribution is -0.176. The maximum Gasteiger partial charge on any atom is 0.412 e. The summed E-state index contributed by atoms with van der Waals surface area (Å²) < 4.78 is 15.7. The summed E-state index contributed by atoms with van der Waals surface area (Å²) in [5, 5.41) is 21.4. The smallest absolute Gasteiger partial charge is 0.412 e. The topological polar surface area (TPSA) is 114 Å². The van der Waals surface area contributed by atoms with Crippen LogP contribution in [0.3, 0.4) is 0 Å². The van der Waals surface area contributed by atoms with E-state index in [0.717, 1.165) is 16.0 Å². The Labute approximate surface area is 153 Å². The molecule has 0 saturated carbocycles. The standard InChI is InChI=1S/C18H28N2O6/c1-17(2,3)26-16(22)20-10-13-7-14(25-11-24-4)6-5-12(13)8-18(20,23)15(21)9-19/h5-7,15,21,23H,8-11,19H2,1-4H3/t15-,18+/m1/s1. The second-order valence-corrected chi connectivity index (χ2v) is 7.35. The van der Waals surface area contributed by atoms with Crippen molar-refractivity contribution in [2.75, 3.05) is 20.4 Å². The van der Waals surface area contributed by atoms with Gasteiger partial charge in [-0.3, -0.25) is 4.90 Å². The van der Waals surface area contributed by atoms with Crippen molar-refractivity contribution in [1.29, 1.82) is 0 Å². The Bertz CT molecular complexity index is 645. The number of methoxy groups -OCH3 is 1. The molecule has 8 heteroatoms. The van der Waals surface area contributed by atoms with Gasteiger partial charge in [-0.25, -0.2) is 4.79 Å². The number of aliphatic hydroxyl groups excluding tert-OH is 1. The van der Waals surface area contributed by atoms with E-state index in [1.54, 1.807) is 39.0 Å². The molecule has 1 aromatic rings. The number of aliphatic hydroxyl groups is 2. The maximum absolute atomic E-state index is 12.7. The third-order valence-corrected chi connectivity index (χ3v) is 4.14. The number of hydrogen-bond donors (Lipinski definition) is 3. The van der Waals surface area contributed by atoms with Crippen LogP contribution in [0.5, 0.6) is 5.75 Å². The fraction of sp³-hybridized carbons (Fsp3) is 0.611. The summed E-state index contributed by atoms with van der Waals surface area (Å²) >= 11 is 0. The first-order chi connectivity index (χ1) is 12.1. The number of ether oxygens (including phenoxy) is 3. The largest absolute Gasteiger partial charge is 0.468 e. The Morgan fingerprint density at radius 1 is 1.38 bits per heavy atom. The van der Waals surface area contributed by atoms with E-state index in [-0.39, 0.29) is 26.3 Å². The van der Waals surface area contributed by atoms with Crippen LogP contribution in [0.15, 0.2) is 18.2 Å². The lowest BCUT2D eigenvalue weighted by Crippen LogP contribution is -2.64. The first-order valence-electron chi connectivity index (χ1n) is 8.45. The zero-order chi connectivity index (χ0) is 19.5. The molecule has 8 nitrogen and oxygen atoms in total. The Hall–Kier alpha value is -1.87. The predicted molar refractivity (Wildman–Crippen MR) is 94.4 cm³/mol. The first kappa shape index (κ1) is 20.4. The molecular weight excluding hydrogens is 340 g/mol. The van der Waals surface area contributed by atoms with Gasteiger partial charge in [-0.05, 0) is 44.0 Å². The van der Waals surface area contributed by atoms with E-state index in [2.05, 4.69) is 0 Å². The van der Waals surface area contributed by atoms with Crippen LogP contribution in [0.1, 0.15) is 31.9 Å². The molecule has 0 spiro atoms. The zero-order valence-corrected chi connectivity index (χ0v) is 15.7. The van der Waals surface area contributed by atoms with E-state index in [4.69, 9.17) is 19.9 Å². The van der Waals surface area contributed by atoms with Crippen molar-refractivity contribution in [3.8, 4) is 5.75 Å². The minimum atomic E-state index is -1.85. The summed E-state index contributed by atoms with van der Waals surface area (Å²) in [6, 6.07) is 5.32. The summed E-state index contributed by atoms with van der Waals surface area (Å²) in [5.74, 6) is 0.583. The molecule has 1 aliphatic rings. The monoisotopic (exact) mass is 368 g/mol. The summed E-state index contributed by atoms with van der Waals surface area (Å²) in [5.41, 5.74) is 4.55. The van der Waals surface area contributed by atoms with Gasteiger partial charge in [0, 0.05) is 20.1 Å². The summed E-state index contributed by atoms with van der Waals surface area (Å²) in [4.78, 5) is 13.8. The van der Waals surface area contributed by atoms with E-state index in [1.807, 2.05) is 0 Å². The molecule has 4 N–H and O–H groups in total. The molecule has 26 heavy (non-hydrogen) atoms. The van der Waals surface area contributed by atoms with Crippen LogP contribution in [-0.2, 0) is 22.4 Å². The molecule has 0 fully saturated rings. The molecule has 0 aromatic heterocycles. The Balaban J connectivity index is 2.36. The van der Waals surface area contributed by atoms with Crippen molar-refractivity contribution in [1.82, 2.24) is 4.90 Å². The highest BCUT2D eigenvalue weighted by Gasteiger charge is 2.48. The Morgan fingerprint density at radius 2 is 2.08 bits per heavy atom. The van der Waals surface area contributed by atoms with Gasteiger partial charge in [-0.15, -0.1) is 0 Å². The zero-order valence-electron chi connectivity index (χ0n) is 15.7. The molecule has 1 heterocycles. The third kappa shape index (κ3) is 4.45. The molecule has 2 rings (SSSR count). The van der Waals surface area contributed by atoms with E-state index >= 15 is 0 Å². The Kier molecular flexibility index (Phi) is 6.13. The minimum absolute atomic E-state index is 0.0322. The van der Waals surface area contributed by atoms with Crippen molar-refractivity contribution in [2.45, 2.75) is 51.2 Å². The average molecular weight is 368 g/mol. The summed E-state index contributed by atoms with van der Waals surface area (Å²) in [6.45, 7) is 5.17. The van der Waals surface area contributed by atoms with Crippen LogP contribution >= 0.6 is 0 Å². The number of hydrogen-bond acceptors (Lipinski definition) is 7. The average Bonchev–Trinajstić information content (AvgIpc) is 2.56. The molecule has 2 atom stereocenters. The number of amides is 1. The third-order valence-electron chi connectivity index (χ3n) is 4.14. The van der Waals surface area contributed by atoms with Gasteiger partial charge in [0.2, 0.25) is 0 Å². The lowest BCUT2D eigenvalue weighted by atomic mass is 9.88. The molecule has 1 amide bonds. The van der Waals surface area contributed by atoms with Gasteiger partial charge < -0.3 is 30.2 Å². The summed E-state index contributed by atoms with van der Waals surface area (Å²) in [7, 11) is 1.52. The molecule has 0 unspecified atom stereocenters. The van der Waals surface area contributed by atoms with Crippen molar-refractivity contribution < 1.29 is 29.2 Å². The SMILES string of the molecule is COCOc1ccc2c(c1)CN(C(=O)OC(C)(C)C)[C@@](O)([C@H](O)CN)C2.